The Balaban J connectivity index is 1.51. The second kappa shape index (κ2) is 9.71. The zero-order valence-electron chi connectivity index (χ0n) is 21.4. The third kappa shape index (κ3) is 5.20. The van der Waals surface area contributed by atoms with Gasteiger partial charge in [-0.15, -0.1) is 0 Å². The molecule has 0 fully saturated rings. The van der Waals surface area contributed by atoms with Gasteiger partial charge in [0, 0.05) is 11.5 Å². The molecule has 2 heterocycles. The molecule has 5 rings (SSSR count). The molecule has 0 aliphatic heterocycles. The molecule has 0 saturated carbocycles. The lowest BCUT2D eigenvalue weighted by molar-refractivity contribution is -0.154. The molecule has 0 aliphatic carbocycles. The number of hydrogen-bond donors (Lipinski definition) is 0. The maximum Gasteiger partial charge on any atom is 0.453 e. The number of hydrogen-bond acceptors (Lipinski definition) is 7. The molecule has 0 spiro atoms. The summed E-state index contributed by atoms with van der Waals surface area (Å²) in [4.78, 5) is 38.0. The third-order valence-corrected chi connectivity index (χ3v) is 6.09. The lowest BCUT2D eigenvalue weighted by Gasteiger charge is -2.19. The first-order valence-corrected chi connectivity index (χ1v) is 12.0. The summed E-state index contributed by atoms with van der Waals surface area (Å²) in [7, 11) is 0. The molecule has 0 amide bonds. The number of rotatable bonds is 4. The van der Waals surface area contributed by atoms with E-state index in [0.717, 1.165) is 17.7 Å². The zero-order chi connectivity index (χ0) is 28.8. The molecule has 0 N–H and O–H groups in total. The molecule has 0 unspecified atom stereocenters. The molecule has 0 aliphatic rings. The molecule has 0 radical (unpaired) electrons. The molecule has 5 aromatic rings. The quantitative estimate of drug-likeness (QED) is 0.132. The Bertz CT molecular complexity index is 1880. The minimum absolute atomic E-state index is 0.0184. The average Bonchev–Trinajstić information content (AvgIpc) is 2.88. The van der Waals surface area contributed by atoms with Crippen LogP contribution in [-0.2, 0) is 11.6 Å². The van der Waals surface area contributed by atoms with E-state index in [0.29, 0.717) is 5.39 Å². The number of para-hydroxylation sites is 1. The Morgan fingerprint density at radius 1 is 0.800 bits per heavy atom. The number of halogens is 3. The van der Waals surface area contributed by atoms with Gasteiger partial charge < -0.3 is 18.3 Å². The van der Waals surface area contributed by atoms with Crippen LogP contribution in [0.3, 0.4) is 0 Å². The van der Waals surface area contributed by atoms with Gasteiger partial charge in [-0.05, 0) is 47.4 Å². The highest BCUT2D eigenvalue weighted by molar-refractivity contribution is 5.94. The van der Waals surface area contributed by atoms with Gasteiger partial charge in [-0.25, -0.2) is 9.59 Å². The Hall–Kier alpha value is -4.86. The average molecular weight is 550 g/mol. The number of ether oxygens (including phenoxy) is 2. The maximum atomic E-state index is 13.9. The molecule has 0 saturated heterocycles. The number of benzene rings is 3. The Labute approximate surface area is 224 Å². The summed E-state index contributed by atoms with van der Waals surface area (Å²) in [6.07, 6.45) is -5.08. The smallest absolute Gasteiger partial charge is 0.449 e. The number of carbonyl (C=O) groups excluding carboxylic acids is 1. The van der Waals surface area contributed by atoms with Crippen molar-refractivity contribution in [2.45, 2.75) is 32.4 Å². The van der Waals surface area contributed by atoms with Gasteiger partial charge in [0.05, 0.1) is 5.39 Å². The van der Waals surface area contributed by atoms with Crippen molar-refractivity contribution in [2.75, 3.05) is 0 Å². The minimum atomic E-state index is -5.08. The fourth-order valence-corrected chi connectivity index (χ4v) is 4.01. The predicted octanol–water partition coefficient (Wildman–Crippen LogP) is 7.23. The molecule has 2 aromatic heterocycles. The predicted molar refractivity (Wildman–Crippen MR) is 140 cm³/mol. The molecular weight excluding hydrogens is 529 g/mol. The molecule has 0 atom stereocenters. The summed E-state index contributed by atoms with van der Waals surface area (Å²) in [5, 5.41) is 0.230. The van der Waals surface area contributed by atoms with Crippen molar-refractivity contribution in [1.29, 1.82) is 0 Å². The van der Waals surface area contributed by atoms with Crippen molar-refractivity contribution in [3.05, 3.63) is 110 Å². The molecule has 3 aromatic carbocycles. The normalized spacial score (nSPS) is 12.1. The molecular formula is C30H21F3O7. The van der Waals surface area contributed by atoms with Crippen LogP contribution in [0.15, 0.2) is 91.2 Å². The number of carbonyl (C=O) groups is 1. The van der Waals surface area contributed by atoms with Crippen LogP contribution in [0.2, 0.25) is 0 Å². The highest BCUT2D eigenvalue weighted by Crippen LogP contribution is 2.39. The molecule has 7 nitrogen and oxygen atoms in total. The minimum Gasteiger partial charge on any atom is -0.449 e. The van der Waals surface area contributed by atoms with Crippen LogP contribution in [0.25, 0.3) is 21.9 Å². The Kier molecular flexibility index (Phi) is 6.49. The van der Waals surface area contributed by atoms with Crippen LogP contribution < -0.4 is 20.5 Å². The van der Waals surface area contributed by atoms with Crippen LogP contribution in [0.5, 0.6) is 17.2 Å². The van der Waals surface area contributed by atoms with Gasteiger partial charge >= 0.3 is 17.8 Å². The zero-order valence-corrected chi connectivity index (χ0v) is 21.4. The van der Waals surface area contributed by atoms with Gasteiger partial charge in [-0.2, -0.15) is 13.2 Å². The van der Waals surface area contributed by atoms with Crippen molar-refractivity contribution in [3.8, 4) is 17.2 Å². The Morgan fingerprint density at radius 3 is 2.15 bits per heavy atom. The SMILES string of the molecule is CC(C)(C)c1ccc(Oc2c(C(F)(F)F)oc3cc(OC(=O)c4cc5ccccc5oc4=O)ccc3c2=O)cc1. The van der Waals surface area contributed by atoms with Crippen LogP contribution in [0.1, 0.15) is 42.5 Å². The molecule has 204 valence electrons. The lowest BCUT2D eigenvalue weighted by Crippen LogP contribution is -2.19. The fraction of sp³-hybridized carbons (Fsp3) is 0.167. The van der Waals surface area contributed by atoms with E-state index in [1.807, 2.05) is 20.8 Å². The summed E-state index contributed by atoms with van der Waals surface area (Å²) in [5.41, 5.74) is -1.95. The molecule has 40 heavy (non-hydrogen) atoms. The van der Waals surface area contributed by atoms with Crippen molar-refractivity contribution < 1.29 is 36.3 Å². The second-order valence-corrected chi connectivity index (χ2v) is 10.00. The topological polar surface area (TPSA) is 95.9 Å². The summed E-state index contributed by atoms with van der Waals surface area (Å²) in [6.45, 7) is 5.93. The van der Waals surface area contributed by atoms with Crippen molar-refractivity contribution in [2.24, 2.45) is 0 Å². The van der Waals surface area contributed by atoms with Crippen LogP contribution in [0.4, 0.5) is 13.2 Å². The highest BCUT2D eigenvalue weighted by atomic mass is 19.4. The summed E-state index contributed by atoms with van der Waals surface area (Å²) in [5.74, 6) is -4.01. The Morgan fingerprint density at radius 2 is 1.48 bits per heavy atom. The van der Waals surface area contributed by atoms with E-state index in [4.69, 9.17) is 18.3 Å². The number of fused-ring (bicyclic) bond motifs is 2. The van der Waals surface area contributed by atoms with E-state index in [1.165, 1.54) is 24.3 Å². The van der Waals surface area contributed by atoms with Crippen LogP contribution in [-0.4, -0.2) is 5.97 Å². The van der Waals surface area contributed by atoms with E-state index in [-0.39, 0.29) is 27.9 Å². The van der Waals surface area contributed by atoms with E-state index in [2.05, 4.69) is 0 Å². The standard InChI is InChI=1S/C30H21F3O7/c1-29(2,3)17-8-10-18(11-9-17)37-25-24(34)20-13-12-19(15-23(20)39-26(25)30(31,32)33)38-27(35)21-14-16-6-4-5-7-22(16)40-28(21)36/h4-15H,1-3H3. The van der Waals surface area contributed by atoms with Gasteiger partial charge in [0.1, 0.15) is 28.2 Å². The first-order valence-electron chi connectivity index (χ1n) is 12.0. The fourth-order valence-electron chi connectivity index (χ4n) is 4.01. The lowest BCUT2D eigenvalue weighted by atomic mass is 9.87. The first-order chi connectivity index (χ1) is 18.8. The third-order valence-electron chi connectivity index (χ3n) is 6.09. The molecule has 10 heteroatoms. The second-order valence-electron chi connectivity index (χ2n) is 10.00. The monoisotopic (exact) mass is 550 g/mol. The number of alkyl halides is 3. The highest BCUT2D eigenvalue weighted by Gasteiger charge is 2.40. The van der Waals surface area contributed by atoms with Crippen molar-refractivity contribution in [1.82, 2.24) is 0 Å². The first kappa shape index (κ1) is 26.7. The van der Waals surface area contributed by atoms with E-state index in [9.17, 15) is 27.6 Å². The van der Waals surface area contributed by atoms with Crippen LogP contribution in [0, 0.1) is 0 Å². The van der Waals surface area contributed by atoms with Gasteiger partial charge in [-0.1, -0.05) is 51.1 Å². The number of esters is 1. The van der Waals surface area contributed by atoms with Gasteiger partial charge in [0.2, 0.25) is 11.2 Å². The molecule has 0 bridgehead atoms. The van der Waals surface area contributed by atoms with E-state index < -0.39 is 45.9 Å². The maximum absolute atomic E-state index is 13.9. The van der Waals surface area contributed by atoms with Crippen molar-refractivity contribution >= 4 is 27.9 Å². The van der Waals surface area contributed by atoms with Gasteiger partial charge in [0.25, 0.3) is 5.76 Å². The summed E-state index contributed by atoms with van der Waals surface area (Å²) < 4.78 is 62.6. The summed E-state index contributed by atoms with van der Waals surface area (Å²) >= 11 is 0. The largest absolute Gasteiger partial charge is 0.453 e. The van der Waals surface area contributed by atoms with E-state index in [1.54, 1.807) is 36.4 Å². The van der Waals surface area contributed by atoms with E-state index >= 15 is 0 Å². The summed E-state index contributed by atoms with van der Waals surface area (Å²) in [6, 6.07) is 17.4. The van der Waals surface area contributed by atoms with Gasteiger partial charge in [0.15, 0.2) is 0 Å². The van der Waals surface area contributed by atoms with Crippen molar-refractivity contribution in [3.63, 3.8) is 0 Å². The van der Waals surface area contributed by atoms with Gasteiger partial charge in [-0.3, -0.25) is 4.79 Å². The van der Waals surface area contributed by atoms with Crippen LogP contribution >= 0.6 is 0 Å².